The fourth-order valence-corrected chi connectivity index (χ4v) is 3.15. The molecule has 1 amide bonds. The number of hydrogen-bond acceptors (Lipinski definition) is 5. The molecule has 1 aromatic carbocycles. The van der Waals surface area contributed by atoms with Gasteiger partial charge >= 0.3 is 0 Å². The Morgan fingerprint density at radius 2 is 1.88 bits per heavy atom. The quantitative estimate of drug-likeness (QED) is 0.864. The van der Waals surface area contributed by atoms with Crippen LogP contribution in [0.5, 0.6) is 5.75 Å². The summed E-state index contributed by atoms with van der Waals surface area (Å²) < 4.78 is 5.13. The second kappa shape index (κ2) is 8.65. The molecule has 6 nitrogen and oxygen atoms in total. The van der Waals surface area contributed by atoms with Crippen LogP contribution in [0, 0.1) is 6.92 Å². The number of ether oxygens (including phenoxy) is 1. The summed E-state index contributed by atoms with van der Waals surface area (Å²) >= 11 is 0. The number of aryl methyl sites for hydroxylation is 1. The Kier molecular flexibility index (Phi) is 6.04. The number of aromatic nitrogens is 2. The van der Waals surface area contributed by atoms with E-state index in [9.17, 15) is 4.79 Å². The molecule has 1 aliphatic heterocycles. The van der Waals surface area contributed by atoms with Gasteiger partial charge in [-0.2, -0.15) is 0 Å². The molecule has 1 aliphatic rings. The van der Waals surface area contributed by atoms with Crippen LogP contribution >= 0.6 is 0 Å². The fourth-order valence-electron chi connectivity index (χ4n) is 3.15. The van der Waals surface area contributed by atoms with Gasteiger partial charge < -0.3 is 15.0 Å². The minimum absolute atomic E-state index is 0.0419. The SMILES string of the molecule is COc1ccc(CC(=O)NCc2nc(C)cc(N3CCCCC3)n2)cc1. The third kappa shape index (κ3) is 4.94. The first-order valence-electron chi connectivity index (χ1n) is 9.13. The highest BCUT2D eigenvalue weighted by Crippen LogP contribution is 2.18. The topological polar surface area (TPSA) is 67.3 Å². The van der Waals surface area contributed by atoms with Gasteiger partial charge in [0.05, 0.1) is 20.1 Å². The van der Waals surface area contributed by atoms with E-state index in [1.165, 1.54) is 19.3 Å². The molecule has 1 fully saturated rings. The lowest BCUT2D eigenvalue weighted by Crippen LogP contribution is -2.31. The van der Waals surface area contributed by atoms with Gasteiger partial charge in [-0.1, -0.05) is 12.1 Å². The zero-order chi connectivity index (χ0) is 18.4. The van der Waals surface area contributed by atoms with E-state index >= 15 is 0 Å². The van der Waals surface area contributed by atoms with E-state index in [4.69, 9.17) is 4.74 Å². The Bertz CT molecular complexity index is 740. The highest BCUT2D eigenvalue weighted by Gasteiger charge is 2.14. The third-order valence-corrected chi connectivity index (χ3v) is 4.53. The smallest absolute Gasteiger partial charge is 0.224 e. The van der Waals surface area contributed by atoms with Gasteiger partial charge in [0.25, 0.3) is 0 Å². The molecule has 6 heteroatoms. The van der Waals surface area contributed by atoms with Crippen LogP contribution in [0.25, 0.3) is 0 Å². The van der Waals surface area contributed by atoms with E-state index in [2.05, 4.69) is 20.2 Å². The van der Waals surface area contributed by atoms with E-state index in [-0.39, 0.29) is 5.91 Å². The predicted octanol–water partition coefficient (Wildman–Crippen LogP) is 2.64. The van der Waals surface area contributed by atoms with Crippen LogP contribution in [0.2, 0.25) is 0 Å². The monoisotopic (exact) mass is 354 g/mol. The highest BCUT2D eigenvalue weighted by atomic mass is 16.5. The molecule has 0 atom stereocenters. The van der Waals surface area contributed by atoms with E-state index in [1.807, 2.05) is 37.3 Å². The summed E-state index contributed by atoms with van der Waals surface area (Å²) in [6.45, 7) is 4.40. The lowest BCUT2D eigenvalue weighted by Gasteiger charge is -2.28. The number of carbonyl (C=O) groups excluding carboxylic acids is 1. The molecule has 0 saturated carbocycles. The van der Waals surface area contributed by atoms with Crippen molar-refractivity contribution >= 4 is 11.7 Å². The zero-order valence-corrected chi connectivity index (χ0v) is 15.5. The largest absolute Gasteiger partial charge is 0.497 e. The van der Waals surface area contributed by atoms with E-state index in [0.717, 1.165) is 35.9 Å². The number of hydrogen-bond donors (Lipinski definition) is 1. The Balaban J connectivity index is 1.57. The van der Waals surface area contributed by atoms with Crippen molar-refractivity contribution in [3.05, 3.63) is 47.4 Å². The minimum Gasteiger partial charge on any atom is -0.497 e. The summed E-state index contributed by atoms with van der Waals surface area (Å²) in [5.74, 6) is 2.37. The molecular formula is C20H26N4O2. The molecule has 0 spiro atoms. The van der Waals surface area contributed by atoms with Crippen LogP contribution in [0.3, 0.4) is 0 Å². The summed E-state index contributed by atoms with van der Waals surface area (Å²) in [7, 11) is 1.63. The van der Waals surface area contributed by atoms with Crippen LogP contribution in [0.4, 0.5) is 5.82 Å². The van der Waals surface area contributed by atoms with Gasteiger partial charge in [0.15, 0.2) is 0 Å². The van der Waals surface area contributed by atoms with Gasteiger partial charge in [-0.3, -0.25) is 4.79 Å². The predicted molar refractivity (Wildman–Crippen MR) is 101 cm³/mol. The minimum atomic E-state index is -0.0419. The molecule has 0 radical (unpaired) electrons. The van der Waals surface area contributed by atoms with Crippen LogP contribution in [0.1, 0.15) is 36.3 Å². The fraction of sp³-hybridized carbons (Fsp3) is 0.450. The summed E-state index contributed by atoms with van der Waals surface area (Å²) in [4.78, 5) is 23.6. The molecule has 2 heterocycles. The number of nitrogens with zero attached hydrogens (tertiary/aromatic N) is 3. The van der Waals surface area contributed by atoms with E-state index in [0.29, 0.717) is 18.8 Å². The standard InChI is InChI=1S/C20H26N4O2/c1-15-12-19(24-10-4-3-5-11-24)23-18(22-15)14-21-20(25)13-16-6-8-17(26-2)9-7-16/h6-9,12H,3-5,10-11,13-14H2,1-2H3,(H,21,25). The van der Waals surface area contributed by atoms with Gasteiger partial charge in [-0.25, -0.2) is 9.97 Å². The molecule has 0 aliphatic carbocycles. The molecule has 3 rings (SSSR count). The number of carbonyl (C=O) groups is 1. The van der Waals surface area contributed by atoms with Crippen LogP contribution in [0.15, 0.2) is 30.3 Å². The maximum absolute atomic E-state index is 12.2. The van der Waals surface area contributed by atoms with Gasteiger partial charge in [0.2, 0.25) is 5.91 Å². The van der Waals surface area contributed by atoms with Gasteiger partial charge in [-0.15, -0.1) is 0 Å². The van der Waals surface area contributed by atoms with Crippen molar-refractivity contribution in [2.24, 2.45) is 0 Å². The highest BCUT2D eigenvalue weighted by molar-refractivity contribution is 5.78. The number of nitrogens with one attached hydrogen (secondary N) is 1. The van der Waals surface area contributed by atoms with Crippen molar-refractivity contribution < 1.29 is 9.53 Å². The Morgan fingerprint density at radius 3 is 2.58 bits per heavy atom. The molecule has 0 bridgehead atoms. The second-order valence-electron chi connectivity index (χ2n) is 6.63. The van der Waals surface area contributed by atoms with Crippen molar-refractivity contribution in [1.29, 1.82) is 0 Å². The maximum Gasteiger partial charge on any atom is 0.224 e. The molecule has 1 saturated heterocycles. The first kappa shape index (κ1) is 18.2. The molecule has 1 N–H and O–H groups in total. The van der Waals surface area contributed by atoms with E-state index < -0.39 is 0 Å². The maximum atomic E-state index is 12.2. The summed E-state index contributed by atoms with van der Waals surface area (Å²) in [5.41, 5.74) is 1.88. The summed E-state index contributed by atoms with van der Waals surface area (Å²) in [5, 5.41) is 2.92. The van der Waals surface area contributed by atoms with Crippen LogP contribution in [-0.4, -0.2) is 36.1 Å². The zero-order valence-electron chi connectivity index (χ0n) is 15.5. The number of methoxy groups -OCH3 is 1. The molecule has 26 heavy (non-hydrogen) atoms. The van der Waals surface area contributed by atoms with Crippen molar-refractivity contribution in [3.63, 3.8) is 0 Å². The van der Waals surface area contributed by atoms with Crippen molar-refractivity contribution in [2.75, 3.05) is 25.1 Å². The lowest BCUT2D eigenvalue weighted by molar-refractivity contribution is -0.120. The van der Waals surface area contributed by atoms with Crippen LogP contribution < -0.4 is 15.0 Å². The molecule has 2 aromatic rings. The third-order valence-electron chi connectivity index (χ3n) is 4.53. The molecular weight excluding hydrogens is 328 g/mol. The Hall–Kier alpha value is -2.63. The Morgan fingerprint density at radius 1 is 1.15 bits per heavy atom. The lowest BCUT2D eigenvalue weighted by atomic mass is 10.1. The normalized spacial score (nSPS) is 14.2. The number of anilines is 1. The average Bonchev–Trinajstić information content (AvgIpc) is 2.67. The number of piperidine rings is 1. The van der Waals surface area contributed by atoms with Gasteiger partial charge in [0, 0.05) is 24.8 Å². The molecule has 0 unspecified atom stereocenters. The van der Waals surface area contributed by atoms with Crippen molar-refractivity contribution in [2.45, 2.75) is 39.2 Å². The number of amides is 1. The molecule has 1 aromatic heterocycles. The van der Waals surface area contributed by atoms with Gasteiger partial charge in [0.1, 0.15) is 17.4 Å². The molecule has 138 valence electrons. The first-order valence-corrected chi connectivity index (χ1v) is 9.13. The number of rotatable bonds is 6. The number of benzene rings is 1. The van der Waals surface area contributed by atoms with Gasteiger partial charge in [-0.05, 0) is 43.9 Å². The summed E-state index contributed by atoms with van der Waals surface area (Å²) in [6.07, 6.45) is 4.03. The van der Waals surface area contributed by atoms with Crippen molar-refractivity contribution in [3.8, 4) is 5.75 Å². The first-order chi connectivity index (χ1) is 12.6. The van der Waals surface area contributed by atoms with E-state index in [1.54, 1.807) is 7.11 Å². The van der Waals surface area contributed by atoms with Crippen molar-refractivity contribution in [1.82, 2.24) is 15.3 Å². The second-order valence-corrected chi connectivity index (χ2v) is 6.63. The Labute approximate surface area is 154 Å². The van der Waals surface area contributed by atoms with Crippen LogP contribution in [-0.2, 0) is 17.8 Å². The summed E-state index contributed by atoms with van der Waals surface area (Å²) in [6, 6.07) is 9.54. The average molecular weight is 354 g/mol.